The summed E-state index contributed by atoms with van der Waals surface area (Å²) in [7, 11) is -1.12. The van der Waals surface area contributed by atoms with Crippen LogP contribution in [0.4, 0.5) is 0 Å². The van der Waals surface area contributed by atoms with Crippen molar-refractivity contribution in [2.24, 2.45) is 11.8 Å². The van der Waals surface area contributed by atoms with Crippen molar-refractivity contribution in [1.82, 2.24) is 0 Å². The van der Waals surface area contributed by atoms with Gasteiger partial charge in [-0.1, -0.05) is 26.7 Å². The molecular weight excluding hydrogens is 555 g/mol. The minimum absolute atomic E-state index is 0.0578. The summed E-state index contributed by atoms with van der Waals surface area (Å²) in [5.41, 5.74) is 1.99. The molecular formula is C29H37O11P. The van der Waals surface area contributed by atoms with Crippen LogP contribution in [0.15, 0.2) is 24.3 Å². The molecule has 1 aliphatic carbocycles. The van der Waals surface area contributed by atoms with E-state index in [2.05, 4.69) is 0 Å². The lowest BCUT2D eigenvalue weighted by atomic mass is 9.66. The molecule has 1 unspecified atom stereocenters. The average Bonchev–Trinajstić information content (AvgIpc) is 3.59. The molecule has 2 aliphatic heterocycles. The summed E-state index contributed by atoms with van der Waals surface area (Å²) in [4.78, 5) is 13.0. The second kappa shape index (κ2) is 12.5. The fraction of sp³-hybridized carbons (Fsp3) is 0.552. The molecule has 0 bridgehead atoms. The molecule has 0 saturated carbocycles. The number of carbonyl (C=O) groups is 1. The topological polar surface area (TPSA) is 128 Å². The number of aliphatic hydroxyl groups excluding tert-OH is 1. The SMILES string of the molecule is CCCCOP(=O)(OCCCC)Oc1c(OC)cc(C2c3cc4c(cc3[C@@H](O)[C@H]3COC(=O)[C@H]23)OCO4)cc1OC. The summed E-state index contributed by atoms with van der Waals surface area (Å²) in [6.45, 7) is 4.56. The fourth-order valence-corrected chi connectivity index (χ4v) is 6.84. The van der Waals surface area contributed by atoms with E-state index in [-0.39, 0.29) is 43.9 Å². The zero-order valence-corrected chi connectivity index (χ0v) is 24.6. The number of fused-ring (bicyclic) bond motifs is 3. The molecule has 12 heteroatoms. The van der Waals surface area contributed by atoms with Gasteiger partial charge in [0.15, 0.2) is 23.0 Å². The van der Waals surface area contributed by atoms with Crippen LogP contribution < -0.4 is 23.5 Å². The van der Waals surface area contributed by atoms with Crippen LogP contribution in [0.1, 0.15) is 68.2 Å². The highest BCUT2D eigenvalue weighted by molar-refractivity contribution is 7.48. The fourth-order valence-electron chi connectivity index (χ4n) is 5.55. The molecule has 2 aromatic rings. The standard InChI is InChI=1S/C29H37O11P/c1-5-7-9-38-41(32,39-10-8-6-2)40-28-23(33-3)11-17(12-24(28)34-4)25-18-13-21-22(37-16-36-21)14-19(18)27(30)20-15-35-29(31)26(20)25/h11-14,20,25-27,30H,5-10,15-16H2,1-4H3/t20-,25?,26-,27+/m0/s1. The van der Waals surface area contributed by atoms with E-state index < -0.39 is 37.6 Å². The van der Waals surface area contributed by atoms with E-state index in [9.17, 15) is 14.5 Å². The van der Waals surface area contributed by atoms with Crippen molar-refractivity contribution in [1.29, 1.82) is 0 Å². The zero-order valence-electron chi connectivity index (χ0n) is 23.8. The minimum atomic E-state index is -4.02. The molecule has 4 atom stereocenters. The molecule has 0 amide bonds. The average molecular weight is 593 g/mol. The molecule has 1 saturated heterocycles. The van der Waals surface area contributed by atoms with E-state index in [4.69, 9.17) is 37.3 Å². The van der Waals surface area contributed by atoms with Gasteiger partial charge in [-0.3, -0.25) is 13.8 Å². The summed E-state index contributed by atoms with van der Waals surface area (Å²) in [5.74, 6) is -0.519. The van der Waals surface area contributed by atoms with Gasteiger partial charge < -0.3 is 33.3 Å². The monoisotopic (exact) mass is 592 g/mol. The molecule has 1 N–H and O–H groups in total. The van der Waals surface area contributed by atoms with Crippen LogP contribution in [0.2, 0.25) is 0 Å². The van der Waals surface area contributed by atoms with E-state index in [1.807, 2.05) is 13.8 Å². The third kappa shape index (κ3) is 5.73. The van der Waals surface area contributed by atoms with Crippen molar-refractivity contribution in [2.45, 2.75) is 51.6 Å². The number of carbonyl (C=O) groups excluding carboxylic acids is 1. The molecule has 5 rings (SSSR count). The molecule has 0 spiro atoms. The van der Waals surface area contributed by atoms with Crippen molar-refractivity contribution in [3.8, 4) is 28.7 Å². The number of ether oxygens (including phenoxy) is 5. The number of cyclic esters (lactones) is 1. The molecule has 0 aromatic heterocycles. The molecule has 41 heavy (non-hydrogen) atoms. The predicted molar refractivity (Wildman–Crippen MR) is 147 cm³/mol. The Morgan fingerprint density at radius 3 is 2.05 bits per heavy atom. The highest BCUT2D eigenvalue weighted by Gasteiger charge is 2.52. The number of rotatable bonds is 13. The summed E-state index contributed by atoms with van der Waals surface area (Å²) >= 11 is 0. The number of benzene rings is 2. The lowest BCUT2D eigenvalue weighted by Crippen LogP contribution is -2.34. The van der Waals surface area contributed by atoms with Crippen molar-refractivity contribution in [3.63, 3.8) is 0 Å². The Hall–Kier alpha value is -2.98. The first kappa shape index (κ1) is 29.5. The van der Waals surface area contributed by atoms with Crippen LogP contribution in [0.25, 0.3) is 0 Å². The van der Waals surface area contributed by atoms with Crippen LogP contribution in [-0.2, 0) is 23.1 Å². The molecule has 3 aliphatic rings. The third-order valence-corrected chi connectivity index (χ3v) is 9.09. The zero-order chi connectivity index (χ0) is 29.1. The Morgan fingerprint density at radius 2 is 1.49 bits per heavy atom. The number of phosphoric ester groups is 1. The highest BCUT2D eigenvalue weighted by Crippen LogP contribution is 2.58. The van der Waals surface area contributed by atoms with E-state index >= 15 is 0 Å². The first-order chi connectivity index (χ1) is 19.8. The van der Waals surface area contributed by atoms with E-state index in [1.54, 1.807) is 24.3 Å². The highest BCUT2D eigenvalue weighted by atomic mass is 31.2. The van der Waals surface area contributed by atoms with Crippen LogP contribution in [-0.4, -0.2) is 51.9 Å². The van der Waals surface area contributed by atoms with E-state index in [0.717, 1.165) is 12.8 Å². The number of aliphatic hydroxyl groups is 1. The van der Waals surface area contributed by atoms with Gasteiger partial charge in [0.2, 0.25) is 12.5 Å². The normalized spacial score (nSPS) is 22.6. The number of methoxy groups -OCH3 is 2. The van der Waals surface area contributed by atoms with Gasteiger partial charge in [0, 0.05) is 11.8 Å². The van der Waals surface area contributed by atoms with Crippen molar-refractivity contribution in [3.05, 3.63) is 41.0 Å². The number of phosphoric acid groups is 1. The van der Waals surface area contributed by atoms with E-state index in [1.165, 1.54) is 14.2 Å². The maximum absolute atomic E-state index is 13.7. The van der Waals surface area contributed by atoms with Crippen molar-refractivity contribution < 1.29 is 51.7 Å². The number of unbranched alkanes of at least 4 members (excludes halogenated alkanes) is 2. The van der Waals surface area contributed by atoms with Gasteiger partial charge in [-0.05, 0) is 53.8 Å². The molecule has 11 nitrogen and oxygen atoms in total. The first-order valence-corrected chi connectivity index (χ1v) is 15.4. The quantitative estimate of drug-likeness (QED) is 0.179. The van der Waals surface area contributed by atoms with Crippen LogP contribution in [0.5, 0.6) is 28.7 Å². The summed E-state index contributed by atoms with van der Waals surface area (Å²) < 4.78 is 58.8. The van der Waals surface area contributed by atoms with Crippen LogP contribution >= 0.6 is 7.82 Å². The van der Waals surface area contributed by atoms with Gasteiger partial charge in [-0.25, -0.2) is 4.57 Å². The molecule has 1 fully saturated rings. The second-order valence-electron chi connectivity index (χ2n) is 10.2. The van der Waals surface area contributed by atoms with Crippen LogP contribution in [0, 0.1) is 11.8 Å². The van der Waals surface area contributed by atoms with Gasteiger partial charge >= 0.3 is 13.8 Å². The largest absolute Gasteiger partial charge is 0.530 e. The first-order valence-electron chi connectivity index (χ1n) is 14.0. The third-order valence-electron chi connectivity index (χ3n) is 7.69. The predicted octanol–water partition coefficient (Wildman–Crippen LogP) is 5.52. The Bertz CT molecular complexity index is 1270. The summed E-state index contributed by atoms with van der Waals surface area (Å²) in [5, 5.41) is 11.2. The smallest absolute Gasteiger partial charge is 0.493 e. The number of hydrogen-bond acceptors (Lipinski definition) is 11. The lowest BCUT2D eigenvalue weighted by molar-refractivity contribution is -0.141. The maximum atomic E-state index is 13.7. The van der Waals surface area contributed by atoms with Crippen LogP contribution in [0.3, 0.4) is 0 Å². The Balaban J connectivity index is 1.58. The minimum Gasteiger partial charge on any atom is -0.493 e. The van der Waals surface area contributed by atoms with Gasteiger partial charge in [0.05, 0.1) is 46.1 Å². The molecule has 2 aromatic carbocycles. The Morgan fingerprint density at radius 1 is 0.902 bits per heavy atom. The van der Waals surface area contributed by atoms with Gasteiger partial charge in [-0.15, -0.1) is 0 Å². The van der Waals surface area contributed by atoms with Crippen molar-refractivity contribution in [2.75, 3.05) is 40.8 Å². The van der Waals surface area contributed by atoms with Crippen molar-refractivity contribution >= 4 is 13.8 Å². The Labute approximate surface area is 239 Å². The number of esters is 1. The molecule has 0 radical (unpaired) electrons. The lowest BCUT2D eigenvalue weighted by Gasteiger charge is -2.37. The molecule has 2 heterocycles. The number of hydrogen-bond donors (Lipinski definition) is 1. The second-order valence-corrected chi connectivity index (χ2v) is 11.8. The Kier molecular flexibility index (Phi) is 8.99. The molecule has 224 valence electrons. The van der Waals surface area contributed by atoms with E-state index in [0.29, 0.717) is 41.0 Å². The summed E-state index contributed by atoms with van der Waals surface area (Å²) in [6, 6.07) is 6.98. The van der Waals surface area contributed by atoms with Gasteiger partial charge in [-0.2, -0.15) is 0 Å². The maximum Gasteiger partial charge on any atom is 0.530 e. The van der Waals surface area contributed by atoms with Gasteiger partial charge in [0.1, 0.15) is 0 Å². The van der Waals surface area contributed by atoms with Gasteiger partial charge in [0.25, 0.3) is 0 Å². The summed E-state index contributed by atoms with van der Waals surface area (Å²) in [6.07, 6.45) is 2.13.